The van der Waals surface area contributed by atoms with E-state index in [-0.39, 0.29) is 0 Å². The molecule has 0 amide bonds. The van der Waals surface area contributed by atoms with Crippen molar-refractivity contribution < 1.29 is 0 Å². The van der Waals surface area contributed by atoms with Crippen molar-refractivity contribution >= 4 is 27.9 Å². The zero-order valence-corrected chi connectivity index (χ0v) is 13.3. The molecule has 0 saturated carbocycles. The van der Waals surface area contributed by atoms with Crippen molar-refractivity contribution in [2.24, 2.45) is 0 Å². The van der Waals surface area contributed by atoms with Crippen LogP contribution in [0.5, 0.6) is 0 Å². The maximum atomic E-state index is 3.84. The van der Waals surface area contributed by atoms with E-state index in [0.717, 1.165) is 12.1 Å². The van der Waals surface area contributed by atoms with E-state index in [4.69, 9.17) is 0 Å². The summed E-state index contributed by atoms with van der Waals surface area (Å²) in [6.45, 7) is 7.01. The van der Waals surface area contributed by atoms with Gasteiger partial charge in [-0.25, -0.2) is 0 Å². The minimum Gasteiger partial charge on any atom is -0.340 e. The molecule has 3 aromatic carbocycles. The van der Waals surface area contributed by atoms with Crippen LogP contribution in [-0.4, -0.2) is 4.57 Å². The zero-order valence-electron chi connectivity index (χ0n) is 13.3. The van der Waals surface area contributed by atoms with Gasteiger partial charge in [0.15, 0.2) is 0 Å². The van der Waals surface area contributed by atoms with Gasteiger partial charge in [0.25, 0.3) is 0 Å². The normalized spacial score (nSPS) is 11.2. The van der Waals surface area contributed by atoms with Crippen molar-refractivity contribution in [1.82, 2.24) is 4.57 Å². The van der Waals surface area contributed by atoms with Crippen molar-refractivity contribution in [2.75, 3.05) is 0 Å². The largest absolute Gasteiger partial charge is 0.340 e. The van der Waals surface area contributed by atoms with Gasteiger partial charge in [0, 0.05) is 28.4 Å². The van der Waals surface area contributed by atoms with Crippen LogP contribution in [0, 0.1) is 0 Å². The number of nitrogens with zero attached hydrogens (tertiary/aromatic N) is 1. The molecule has 0 N–H and O–H groups in total. The first-order chi connectivity index (χ1) is 11.3. The van der Waals surface area contributed by atoms with Gasteiger partial charge >= 0.3 is 0 Å². The molecule has 4 aromatic rings. The molecule has 0 saturated heterocycles. The lowest BCUT2D eigenvalue weighted by atomic mass is 10.0. The Labute approximate surface area is 136 Å². The Kier molecular flexibility index (Phi) is 3.27. The van der Waals surface area contributed by atoms with Crippen molar-refractivity contribution in [1.29, 1.82) is 0 Å². The summed E-state index contributed by atoms with van der Waals surface area (Å²) in [5, 5.41) is 2.65. The van der Waals surface area contributed by atoms with Crippen LogP contribution >= 0.6 is 0 Å². The summed E-state index contributed by atoms with van der Waals surface area (Å²) in [6, 6.07) is 23.9. The molecule has 0 atom stereocenters. The highest BCUT2D eigenvalue weighted by molar-refractivity contribution is 6.12. The molecule has 112 valence electrons. The maximum Gasteiger partial charge on any atom is 0.0570 e. The van der Waals surface area contributed by atoms with Gasteiger partial charge in [0.2, 0.25) is 0 Å². The first-order valence-corrected chi connectivity index (χ1v) is 8.06. The van der Waals surface area contributed by atoms with Gasteiger partial charge in [-0.2, -0.15) is 0 Å². The molecule has 0 fully saturated rings. The molecule has 0 aliphatic rings. The molecule has 1 heteroatoms. The average Bonchev–Trinajstić information content (AvgIpc) is 2.95. The van der Waals surface area contributed by atoms with Gasteiger partial charge in [-0.3, -0.25) is 0 Å². The first-order valence-electron chi connectivity index (χ1n) is 8.06. The molecular weight excluding hydrogens is 278 g/mol. The monoisotopic (exact) mass is 297 g/mol. The number of hydrogen-bond acceptors (Lipinski definition) is 0. The van der Waals surface area contributed by atoms with Gasteiger partial charge < -0.3 is 4.57 Å². The van der Waals surface area contributed by atoms with Gasteiger partial charge in [0.1, 0.15) is 0 Å². The van der Waals surface area contributed by atoms with E-state index in [1.54, 1.807) is 0 Å². The Morgan fingerprint density at radius 3 is 2.35 bits per heavy atom. The summed E-state index contributed by atoms with van der Waals surface area (Å²) in [5.74, 6) is 0. The summed E-state index contributed by atoms with van der Waals surface area (Å²) in [5.41, 5.74) is 6.31. The third kappa shape index (κ3) is 2.08. The molecule has 1 nitrogen and oxygen atoms in total. The van der Waals surface area contributed by atoms with Crippen LogP contribution in [0.15, 0.2) is 73.3 Å². The number of aryl methyl sites for hydroxylation is 1. The quantitative estimate of drug-likeness (QED) is 0.429. The van der Waals surface area contributed by atoms with Gasteiger partial charge in [0.05, 0.1) is 5.52 Å². The van der Waals surface area contributed by atoms with Crippen molar-refractivity contribution in [3.05, 3.63) is 78.9 Å². The van der Waals surface area contributed by atoms with Crippen LogP contribution in [-0.2, 0) is 6.54 Å². The van der Waals surface area contributed by atoms with Gasteiger partial charge in [-0.1, -0.05) is 73.3 Å². The van der Waals surface area contributed by atoms with Crippen LogP contribution in [0.25, 0.3) is 39.0 Å². The Hall–Kier alpha value is -2.80. The topological polar surface area (TPSA) is 4.93 Å². The molecule has 0 radical (unpaired) electrons. The summed E-state index contributed by atoms with van der Waals surface area (Å²) in [7, 11) is 0. The Bertz CT molecular complexity index is 1000. The van der Waals surface area contributed by atoms with Crippen LogP contribution in [0.2, 0.25) is 0 Å². The first kappa shape index (κ1) is 13.8. The Morgan fingerprint density at radius 1 is 0.870 bits per heavy atom. The molecule has 0 aliphatic carbocycles. The number of fused-ring (bicyclic) bond motifs is 3. The summed E-state index contributed by atoms with van der Waals surface area (Å²) < 4.78 is 2.42. The van der Waals surface area contributed by atoms with E-state index in [2.05, 4.69) is 84.8 Å². The molecule has 4 rings (SSSR count). The molecule has 0 unspecified atom stereocenters. The van der Waals surface area contributed by atoms with Gasteiger partial charge in [-0.15, -0.1) is 0 Å². The molecule has 1 aromatic heterocycles. The summed E-state index contributed by atoms with van der Waals surface area (Å²) >= 11 is 0. The van der Waals surface area contributed by atoms with E-state index >= 15 is 0 Å². The van der Waals surface area contributed by atoms with Crippen LogP contribution in [0.3, 0.4) is 0 Å². The zero-order chi connectivity index (χ0) is 15.8. The molecule has 23 heavy (non-hydrogen) atoms. The summed E-state index contributed by atoms with van der Waals surface area (Å²) in [4.78, 5) is 0. The number of benzene rings is 3. The van der Waals surface area contributed by atoms with Crippen molar-refractivity contribution in [3.8, 4) is 11.1 Å². The van der Waals surface area contributed by atoms with Crippen LogP contribution in [0.4, 0.5) is 0 Å². The highest BCUT2D eigenvalue weighted by Gasteiger charge is 2.13. The SMILES string of the molecule is C=Cc1ccc(-c2cccc3c4ccccc4n(CC)c23)cc1. The number of para-hydroxylation sites is 2. The van der Waals surface area contributed by atoms with Gasteiger partial charge in [-0.05, 0) is 24.1 Å². The highest BCUT2D eigenvalue weighted by Crippen LogP contribution is 2.35. The fourth-order valence-electron chi connectivity index (χ4n) is 3.47. The highest BCUT2D eigenvalue weighted by atomic mass is 15.0. The summed E-state index contributed by atoms with van der Waals surface area (Å²) in [6.07, 6.45) is 1.88. The second-order valence-electron chi connectivity index (χ2n) is 5.79. The second kappa shape index (κ2) is 5.44. The number of aromatic nitrogens is 1. The number of hydrogen-bond donors (Lipinski definition) is 0. The van der Waals surface area contributed by atoms with E-state index in [9.17, 15) is 0 Å². The smallest absolute Gasteiger partial charge is 0.0570 e. The fourth-order valence-corrected chi connectivity index (χ4v) is 3.47. The van der Waals surface area contributed by atoms with Crippen LogP contribution in [0.1, 0.15) is 12.5 Å². The van der Waals surface area contributed by atoms with E-state index in [1.165, 1.54) is 32.9 Å². The lowest BCUT2D eigenvalue weighted by molar-refractivity contribution is 0.828. The molecule has 0 aliphatic heterocycles. The molecular formula is C22H19N. The lowest BCUT2D eigenvalue weighted by Crippen LogP contribution is -1.94. The van der Waals surface area contributed by atoms with E-state index in [1.807, 2.05) is 6.08 Å². The molecule has 1 heterocycles. The minimum atomic E-state index is 0.964. The predicted molar refractivity (Wildman–Crippen MR) is 101 cm³/mol. The standard InChI is InChI=1S/C22H19N/c1-3-16-12-14-17(15-13-16)18-9-7-10-20-19-8-5-6-11-21(19)23(4-2)22(18)20/h3,5-15H,1,4H2,2H3. The minimum absolute atomic E-state index is 0.964. The number of rotatable bonds is 3. The average molecular weight is 297 g/mol. The third-order valence-electron chi connectivity index (χ3n) is 4.56. The molecule has 0 spiro atoms. The Morgan fingerprint density at radius 2 is 1.61 bits per heavy atom. The molecule has 0 bridgehead atoms. The lowest BCUT2D eigenvalue weighted by Gasteiger charge is -2.09. The second-order valence-corrected chi connectivity index (χ2v) is 5.79. The van der Waals surface area contributed by atoms with E-state index < -0.39 is 0 Å². The van der Waals surface area contributed by atoms with E-state index in [0.29, 0.717) is 0 Å². The van der Waals surface area contributed by atoms with Crippen LogP contribution < -0.4 is 0 Å². The maximum absolute atomic E-state index is 3.84. The third-order valence-corrected chi connectivity index (χ3v) is 4.56. The fraction of sp³-hybridized carbons (Fsp3) is 0.0909. The Balaban J connectivity index is 2.09. The predicted octanol–water partition coefficient (Wildman–Crippen LogP) is 6.12. The van der Waals surface area contributed by atoms with Crippen molar-refractivity contribution in [3.63, 3.8) is 0 Å². The van der Waals surface area contributed by atoms with Crippen molar-refractivity contribution in [2.45, 2.75) is 13.5 Å².